The van der Waals surface area contributed by atoms with Gasteiger partial charge in [0, 0.05) is 10.9 Å². The Morgan fingerprint density at radius 1 is 1.08 bits per heavy atom. The zero-order valence-corrected chi connectivity index (χ0v) is 21.9. The van der Waals surface area contributed by atoms with Crippen LogP contribution in [0, 0.1) is 25.2 Å². The van der Waals surface area contributed by atoms with E-state index in [1.165, 1.54) is 29.3 Å². The molecule has 3 aromatic rings. The standard InChI is InChI=1S/C21H15BrF2N2O3.C8H10/c22-15-4-1-12(2-5-15)21(28)29-16-6-7-17(14(9-16)10-19(23)24)18-8-3-13(11-25)20(27)26-18;1-7-3-5-8(2)6-4-7/h1-7,9,18-19H,8,10H2,(H,26,27);3-6H,1-2H3/t18-;/m1./s1. The fourth-order valence-electron chi connectivity index (χ4n) is 3.64. The van der Waals surface area contributed by atoms with Gasteiger partial charge in [-0.1, -0.05) is 63.5 Å². The van der Waals surface area contributed by atoms with Gasteiger partial charge in [-0.05, 0) is 67.8 Å². The van der Waals surface area contributed by atoms with E-state index in [-0.39, 0.29) is 16.9 Å². The van der Waals surface area contributed by atoms with Crippen molar-refractivity contribution in [1.29, 1.82) is 5.26 Å². The van der Waals surface area contributed by atoms with Crippen molar-refractivity contribution in [1.82, 2.24) is 5.32 Å². The number of esters is 1. The lowest BCUT2D eigenvalue weighted by Crippen LogP contribution is -2.33. The molecule has 1 heterocycles. The zero-order chi connectivity index (χ0) is 26.9. The average molecular weight is 567 g/mol. The molecule has 0 aromatic heterocycles. The van der Waals surface area contributed by atoms with Gasteiger partial charge in [-0.2, -0.15) is 5.26 Å². The van der Waals surface area contributed by atoms with Gasteiger partial charge in [0.1, 0.15) is 17.4 Å². The largest absolute Gasteiger partial charge is 0.423 e. The molecule has 1 aliphatic heterocycles. The van der Waals surface area contributed by atoms with E-state index < -0.39 is 30.8 Å². The summed E-state index contributed by atoms with van der Waals surface area (Å²) >= 11 is 3.28. The maximum absolute atomic E-state index is 13.1. The molecule has 4 rings (SSSR count). The van der Waals surface area contributed by atoms with E-state index >= 15 is 0 Å². The number of halogens is 3. The van der Waals surface area contributed by atoms with E-state index in [0.717, 1.165) is 4.47 Å². The van der Waals surface area contributed by atoms with Gasteiger partial charge < -0.3 is 10.1 Å². The van der Waals surface area contributed by atoms with Gasteiger partial charge in [-0.3, -0.25) is 4.79 Å². The summed E-state index contributed by atoms with van der Waals surface area (Å²) in [6.07, 6.45) is -1.38. The Morgan fingerprint density at radius 3 is 2.24 bits per heavy atom. The number of amides is 1. The highest BCUT2D eigenvalue weighted by Gasteiger charge is 2.25. The fraction of sp³-hybridized carbons (Fsp3) is 0.207. The Balaban J connectivity index is 0.000000405. The zero-order valence-electron chi connectivity index (χ0n) is 20.3. The molecule has 0 saturated carbocycles. The Hall–Kier alpha value is -3.83. The molecule has 1 amide bonds. The van der Waals surface area contributed by atoms with E-state index in [0.29, 0.717) is 17.5 Å². The van der Waals surface area contributed by atoms with Crippen molar-refractivity contribution in [2.75, 3.05) is 0 Å². The van der Waals surface area contributed by atoms with Crippen molar-refractivity contribution >= 4 is 27.8 Å². The predicted octanol–water partition coefficient (Wildman–Crippen LogP) is 6.79. The third kappa shape index (κ3) is 8.09. The summed E-state index contributed by atoms with van der Waals surface area (Å²) in [5.74, 6) is -1.02. The molecule has 5 nitrogen and oxygen atoms in total. The first-order valence-electron chi connectivity index (χ1n) is 11.5. The number of benzene rings is 3. The van der Waals surface area contributed by atoms with Crippen molar-refractivity contribution in [2.45, 2.75) is 39.2 Å². The Labute approximate surface area is 222 Å². The van der Waals surface area contributed by atoms with E-state index in [4.69, 9.17) is 10.00 Å². The van der Waals surface area contributed by atoms with E-state index in [9.17, 15) is 18.4 Å². The van der Waals surface area contributed by atoms with Crippen LogP contribution in [0.4, 0.5) is 8.78 Å². The van der Waals surface area contributed by atoms with Crippen LogP contribution >= 0.6 is 15.9 Å². The summed E-state index contributed by atoms with van der Waals surface area (Å²) in [5, 5.41) is 11.5. The predicted molar refractivity (Wildman–Crippen MR) is 140 cm³/mol. The highest BCUT2D eigenvalue weighted by atomic mass is 79.9. The van der Waals surface area contributed by atoms with Crippen LogP contribution in [0.25, 0.3) is 0 Å². The lowest BCUT2D eigenvalue weighted by atomic mass is 9.93. The maximum Gasteiger partial charge on any atom is 0.343 e. The molecule has 190 valence electrons. The van der Waals surface area contributed by atoms with Crippen molar-refractivity contribution < 1.29 is 23.1 Å². The number of nitriles is 1. The molecule has 0 bridgehead atoms. The van der Waals surface area contributed by atoms with Crippen LogP contribution in [0.1, 0.15) is 45.1 Å². The lowest BCUT2D eigenvalue weighted by molar-refractivity contribution is -0.118. The van der Waals surface area contributed by atoms with Crippen LogP contribution in [0.3, 0.4) is 0 Å². The number of nitrogens with one attached hydrogen (secondary N) is 1. The van der Waals surface area contributed by atoms with Crippen LogP contribution in [-0.4, -0.2) is 18.3 Å². The van der Waals surface area contributed by atoms with Gasteiger partial charge in [-0.25, -0.2) is 13.6 Å². The second kappa shape index (κ2) is 12.9. The van der Waals surface area contributed by atoms with E-state index in [2.05, 4.69) is 59.4 Å². The van der Waals surface area contributed by atoms with Gasteiger partial charge >= 0.3 is 5.97 Å². The minimum atomic E-state index is -2.62. The Morgan fingerprint density at radius 2 is 1.70 bits per heavy atom. The Bertz CT molecular complexity index is 1310. The molecule has 0 aliphatic carbocycles. The fourth-order valence-corrected chi connectivity index (χ4v) is 3.91. The normalized spacial score (nSPS) is 14.6. The summed E-state index contributed by atoms with van der Waals surface area (Å²) in [4.78, 5) is 24.2. The molecule has 1 aliphatic rings. The van der Waals surface area contributed by atoms with Gasteiger partial charge in [-0.15, -0.1) is 0 Å². The quantitative estimate of drug-likeness (QED) is 0.272. The smallest absolute Gasteiger partial charge is 0.343 e. The molecule has 0 saturated heterocycles. The molecular formula is C29H25BrF2N2O3. The molecule has 37 heavy (non-hydrogen) atoms. The van der Waals surface area contributed by atoms with Crippen molar-refractivity contribution in [2.24, 2.45) is 0 Å². The van der Waals surface area contributed by atoms with Crippen molar-refractivity contribution in [3.63, 3.8) is 0 Å². The minimum absolute atomic E-state index is 0.00305. The molecule has 0 unspecified atom stereocenters. The summed E-state index contributed by atoms with van der Waals surface area (Å²) in [7, 11) is 0. The summed E-state index contributed by atoms with van der Waals surface area (Å²) in [5.41, 5.74) is 3.74. The second-order valence-electron chi connectivity index (χ2n) is 8.50. The van der Waals surface area contributed by atoms with Gasteiger partial charge in [0.25, 0.3) is 5.91 Å². The van der Waals surface area contributed by atoms with Crippen LogP contribution in [0.5, 0.6) is 5.75 Å². The number of hydrogen-bond acceptors (Lipinski definition) is 4. The van der Waals surface area contributed by atoms with Crippen LogP contribution in [0.15, 0.2) is 82.9 Å². The third-order valence-corrected chi connectivity index (χ3v) is 6.13. The lowest BCUT2D eigenvalue weighted by Gasteiger charge is -2.24. The molecule has 3 aromatic carbocycles. The number of alkyl halides is 2. The molecular weight excluding hydrogens is 542 g/mol. The second-order valence-corrected chi connectivity index (χ2v) is 9.41. The van der Waals surface area contributed by atoms with E-state index in [1.807, 2.05) is 0 Å². The van der Waals surface area contributed by atoms with Gasteiger partial charge in [0.05, 0.1) is 11.6 Å². The topological polar surface area (TPSA) is 79.2 Å². The number of hydrogen-bond donors (Lipinski definition) is 1. The first-order chi connectivity index (χ1) is 17.7. The molecule has 0 spiro atoms. The SMILES string of the molecule is Cc1ccc(C)cc1.N#CC1=CC[C@H](c2ccc(OC(=O)c3ccc(Br)cc3)cc2CC(F)F)NC1=O. The van der Waals surface area contributed by atoms with Crippen molar-refractivity contribution in [3.05, 3.63) is 111 Å². The summed E-state index contributed by atoms with van der Waals surface area (Å²) in [6.45, 7) is 4.19. The third-order valence-electron chi connectivity index (χ3n) is 5.60. The molecule has 8 heteroatoms. The average Bonchev–Trinajstić information content (AvgIpc) is 2.86. The Kier molecular flexibility index (Phi) is 9.70. The molecule has 0 fully saturated rings. The number of carbonyl (C=O) groups excluding carboxylic acids is 2. The molecule has 1 N–H and O–H groups in total. The monoisotopic (exact) mass is 566 g/mol. The van der Waals surface area contributed by atoms with Gasteiger partial charge in [0.15, 0.2) is 0 Å². The first-order valence-corrected chi connectivity index (χ1v) is 12.3. The first kappa shape index (κ1) is 27.8. The van der Waals surface area contributed by atoms with Crippen molar-refractivity contribution in [3.8, 4) is 11.8 Å². The van der Waals surface area contributed by atoms with Crippen LogP contribution < -0.4 is 10.1 Å². The maximum atomic E-state index is 13.1. The molecule has 1 atom stereocenters. The highest BCUT2D eigenvalue weighted by Crippen LogP contribution is 2.30. The number of ether oxygens (including phenoxy) is 1. The number of nitrogens with zero attached hydrogens (tertiary/aromatic N) is 1. The summed E-state index contributed by atoms with van der Waals surface area (Å²) < 4.78 is 32.3. The van der Waals surface area contributed by atoms with Crippen LogP contribution in [0.2, 0.25) is 0 Å². The minimum Gasteiger partial charge on any atom is -0.423 e. The number of carbonyl (C=O) groups is 2. The van der Waals surface area contributed by atoms with E-state index in [1.54, 1.807) is 36.4 Å². The van der Waals surface area contributed by atoms with Crippen LogP contribution in [-0.2, 0) is 11.2 Å². The number of rotatable bonds is 5. The van der Waals surface area contributed by atoms with Gasteiger partial charge in [0.2, 0.25) is 6.43 Å². The molecule has 0 radical (unpaired) electrons. The number of aryl methyl sites for hydroxylation is 2. The summed E-state index contributed by atoms with van der Waals surface area (Å²) in [6, 6.07) is 20.7. The highest BCUT2D eigenvalue weighted by molar-refractivity contribution is 9.10.